The minimum atomic E-state index is -1.29. The smallest absolute Gasteiger partial charge is 0.368 e. The van der Waals surface area contributed by atoms with E-state index in [9.17, 15) is 14.3 Å². The number of tetrazole rings is 1. The van der Waals surface area contributed by atoms with Gasteiger partial charge in [-0.25, -0.2) is 13.9 Å². The van der Waals surface area contributed by atoms with Crippen molar-refractivity contribution in [1.82, 2.24) is 29.6 Å². The minimum absolute atomic E-state index is 0.156. The predicted molar refractivity (Wildman–Crippen MR) is 104 cm³/mol. The molecule has 0 aliphatic heterocycles. The molecule has 4 aromatic rings. The van der Waals surface area contributed by atoms with E-state index in [1.54, 1.807) is 48.1 Å². The monoisotopic (exact) mass is 414 g/mol. The minimum Gasteiger partial charge on any atom is -0.382 e. The Morgan fingerprint density at radius 2 is 1.83 bits per heavy atom. The molecule has 10 heteroatoms. The Bertz CT molecular complexity index is 1240. The van der Waals surface area contributed by atoms with Crippen molar-refractivity contribution < 1.29 is 9.50 Å². The second-order valence-electron chi connectivity index (χ2n) is 6.49. The first-order valence-corrected chi connectivity index (χ1v) is 9.02. The van der Waals surface area contributed by atoms with Gasteiger partial charge in [-0.15, -0.1) is 0 Å². The van der Waals surface area contributed by atoms with Gasteiger partial charge in [-0.05, 0) is 59.3 Å². The SMILES string of the molecule is Cc1ccc(F)c(-n2nnn(C)c2=O)c1C(O)c1ccn(-c2ccc(Cl)cc2)n1. The first-order valence-electron chi connectivity index (χ1n) is 8.65. The maximum atomic E-state index is 14.7. The zero-order valence-corrected chi connectivity index (χ0v) is 16.2. The van der Waals surface area contributed by atoms with Crippen LogP contribution >= 0.6 is 11.6 Å². The zero-order valence-electron chi connectivity index (χ0n) is 15.5. The highest BCUT2D eigenvalue weighted by Gasteiger charge is 2.25. The number of rotatable bonds is 4. The molecular formula is C19H16ClFN6O2. The molecule has 0 amide bonds. The molecule has 1 N–H and O–H groups in total. The van der Waals surface area contributed by atoms with Crippen molar-refractivity contribution in [3.63, 3.8) is 0 Å². The van der Waals surface area contributed by atoms with E-state index in [1.165, 1.54) is 19.2 Å². The Morgan fingerprint density at radius 3 is 2.48 bits per heavy atom. The fourth-order valence-electron chi connectivity index (χ4n) is 3.07. The number of aryl methyl sites for hydroxylation is 2. The molecule has 0 fully saturated rings. The van der Waals surface area contributed by atoms with E-state index in [2.05, 4.69) is 15.5 Å². The van der Waals surface area contributed by atoms with Gasteiger partial charge in [0.2, 0.25) is 0 Å². The van der Waals surface area contributed by atoms with Crippen LogP contribution in [-0.4, -0.2) is 34.7 Å². The number of aromatic nitrogens is 6. The lowest BCUT2D eigenvalue weighted by Crippen LogP contribution is -2.25. The van der Waals surface area contributed by atoms with E-state index in [0.29, 0.717) is 10.6 Å². The zero-order chi connectivity index (χ0) is 20.7. The maximum absolute atomic E-state index is 14.7. The van der Waals surface area contributed by atoms with Gasteiger partial charge in [-0.2, -0.15) is 14.5 Å². The third-order valence-corrected chi connectivity index (χ3v) is 4.83. The van der Waals surface area contributed by atoms with Gasteiger partial charge >= 0.3 is 5.69 Å². The molecule has 0 bridgehead atoms. The summed E-state index contributed by atoms with van der Waals surface area (Å²) in [7, 11) is 1.41. The molecule has 148 valence electrons. The van der Waals surface area contributed by atoms with E-state index in [4.69, 9.17) is 11.6 Å². The number of hydrogen-bond acceptors (Lipinski definition) is 5. The van der Waals surface area contributed by atoms with Crippen LogP contribution in [0.25, 0.3) is 11.4 Å². The number of halogens is 2. The van der Waals surface area contributed by atoms with Crippen LogP contribution in [0, 0.1) is 12.7 Å². The Balaban J connectivity index is 1.81. The molecule has 2 aromatic heterocycles. The van der Waals surface area contributed by atoms with Crippen LogP contribution in [0.15, 0.2) is 53.5 Å². The highest BCUT2D eigenvalue weighted by Crippen LogP contribution is 2.31. The molecule has 2 aromatic carbocycles. The van der Waals surface area contributed by atoms with E-state index in [-0.39, 0.29) is 16.9 Å². The second kappa shape index (κ2) is 7.26. The number of aliphatic hydroxyl groups excluding tert-OH is 1. The lowest BCUT2D eigenvalue weighted by molar-refractivity contribution is 0.213. The second-order valence-corrected chi connectivity index (χ2v) is 6.92. The average Bonchev–Trinajstić information content (AvgIpc) is 3.32. The fourth-order valence-corrected chi connectivity index (χ4v) is 3.19. The Labute approximate surface area is 169 Å². The number of nitrogens with zero attached hydrogens (tertiary/aromatic N) is 6. The summed E-state index contributed by atoms with van der Waals surface area (Å²) in [4.78, 5) is 12.3. The molecule has 1 atom stereocenters. The largest absolute Gasteiger partial charge is 0.382 e. The van der Waals surface area contributed by atoms with E-state index >= 15 is 0 Å². The molecule has 1 unspecified atom stereocenters. The molecule has 0 aliphatic carbocycles. The molecule has 0 saturated heterocycles. The molecule has 2 heterocycles. The fraction of sp³-hybridized carbons (Fsp3) is 0.158. The van der Waals surface area contributed by atoms with E-state index < -0.39 is 17.6 Å². The van der Waals surface area contributed by atoms with Crippen LogP contribution in [0.5, 0.6) is 0 Å². The quantitative estimate of drug-likeness (QED) is 0.553. The first kappa shape index (κ1) is 19.0. The standard InChI is InChI=1S/C19H16ClFN6O2/c1-11-3-8-14(21)17(27-19(29)25(2)23-24-27)16(11)18(28)15-9-10-26(22-15)13-6-4-12(20)5-7-13/h3-10,18,28H,1-2H3. The summed E-state index contributed by atoms with van der Waals surface area (Å²) in [6, 6.07) is 11.4. The van der Waals surface area contributed by atoms with Crippen LogP contribution in [0.2, 0.25) is 5.02 Å². The normalized spacial score (nSPS) is 12.3. The van der Waals surface area contributed by atoms with Gasteiger partial charge < -0.3 is 5.11 Å². The molecular weight excluding hydrogens is 399 g/mol. The Morgan fingerprint density at radius 1 is 1.10 bits per heavy atom. The molecule has 8 nitrogen and oxygen atoms in total. The number of aliphatic hydroxyl groups is 1. The predicted octanol–water partition coefficient (Wildman–Crippen LogP) is 2.33. The van der Waals surface area contributed by atoms with Gasteiger partial charge in [-0.1, -0.05) is 17.7 Å². The Kier molecular flexibility index (Phi) is 4.77. The van der Waals surface area contributed by atoms with Crippen LogP contribution in [0.4, 0.5) is 4.39 Å². The van der Waals surface area contributed by atoms with Gasteiger partial charge in [0.25, 0.3) is 0 Å². The first-order chi connectivity index (χ1) is 13.9. The van der Waals surface area contributed by atoms with Crippen molar-refractivity contribution in [2.45, 2.75) is 13.0 Å². The molecule has 0 spiro atoms. The third-order valence-electron chi connectivity index (χ3n) is 4.57. The summed E-state index contributed by atoms with van der Waals surface area (Å²) < 4.78 is 18.1. The van der Waals surface area contributed by atoms with Crippen molar-refractivity contribution >= 4 is 11.6 Å². The molecule has 0 saturated carbocycles. The molecule has 4 rings (SSSR count). The van der Waals surface area contributed by atoms with Gasteiger partial charge in [-0.3, -0.25) is 0 Å². The highest BCUT2D eigenvalue weighted by atomic mass is 35.5. The lowest BCUT2D eigenvalue weighted by Gasteiger charge is -2.16. The van der Waals surface area contributed by atoms with Crippen molar-refractivity contribution in [3.8, 4) is 11.4 Å². The van der Waals surface area contributed by atoms with Crippen LogP contribution in [-0.2, 0) is 7.05 Å². The topological polar surface area (TPSA) is 90.8 Å². The summed E-state index contributed by atoms with van der Waals surface area (Å²) in [5.41, 5.74) is 1.01. The number of benzene rings is 2. The summed E-state index contributed by atoms with van der Waals surface area (Å²) in [5.74, 6) is -0.704. The van der Waals surface area contributed by atoms with Crippen LogP contribution in [0.1, 0.15) is 22.9 Å². The van der Waals surface area contributed by atoms with Crippen LogP contribution in [0.3, 0.4) is 0 Å². The summed E-state index contributed by atoms with van der Waals surface area (Å²) in [5, 5.41) is 23.3. The number of hydrogen-bond donors (Lipinski definition) is 1. The van der Waals surface area contributed by atoms with Crippen molar-refractivity contribution in [1.29, 1.82) is 0 Å². The third kappa shape index (κ3) is 3.34. The average molecular weight is 415 g/mol. The van der Waals surface area contributed by atoms with Crippen LogP contribution < -0.4 is 5.69 Å². The van der Waals surface area contributed by atoms with Gasteiger partial charge in [0.1, 0.15) is 17.6 Å². The van der Waals surface area contributed by atoms with E-state index in [1.807, 2.05) is 0 Å². The van der Waals surface area contributed by atoms with Crippen molar-refractivity contribution in [2.75, 3.05) is 0 Å². The maximum Gasteiger partial charge on any atom is 0.368 e. The molecule has 29 heavy (non-hydrogen) atoms. The molecule has 0 radical (unpaired) electrons. The van der Waals surface area contributed by atoms with Gasteiger partial charge in [0.15, 0.2) is 0 Å². The summed E-state index contributed by atoms with van der Waals surface area (Å²) in [6.45, 7) is 1.71. The summed E-state index contributed by atoms with van der Waals surface area (Å²) >= 11 is 5.91. The molecule has 0 aliphatic rings. The Hall–Kier alpha value is -3.30. The van der Waals surface area contributed by atoms with Gasteiger partial charge in [0.05, 0.1) is 11.4 Å². The highest BCUT2D eigenvalue weighted by molar-refractivity contribution is 6.30. The van der Waals surface area contributed by atoms with Crippen molar-refractivity contribution in [3.05, 3.63) is 86.8 Å². The van der Waals surface area contributed by atoms with E-state index in [0.717, 1.165) is 15.1 Å². The van der Waals surface area contributed by atoms with Gasteiger partial charge in [0, 0.05) is 23.8 Å². The lowest BCUT2D eigenvalue weighted by atomic mass is 9.98. The summed E-state index contributed by atoms with van der Waals surface area (Å²) in [6.07, 6.45) is 0.382. The van der Waals surface area contributed by atoms with Crippen molar-refractivity contribution in [2.24, 2.45) is 7.05 Å².